The summed E-state index contributed by atoms with van der Waals surface area (Å²) in [4.78, 5) is 12.5. The Balaban J connectivity index is 1.34. The first-order chi connectivity index (χ1) is 17.3. The van der Waals surface area contributed by atoms with Gasteiger partial charge >= 0.3 is 5.97 Å². The lowest BCUT2D eigenvalue weighted by molar-refractivity contribution is -0.150. The van der Waals surface area contributed by atoms with Crippen LogP contribution < -0.4 is 0 Å². The molecule has 0 aliphatic heterocycles. The Kier molecular flexibility index (Phi) is 10.1. The van der Waals surface area contributed by atoms with E-state index >= 15 is 0 Å². The smallest absolute Gasteiger partial charge is 0.320 e. The maximum absolute atomic E-state index is 12.6. The molecular formula is C33H55BrO2. The minimum Gasteiger partial charge on any atom is -0.461 e. The molecule has 0 aromatic heterocycles. The number of hydrogen-bond acceptors (Lipinski definition) is 2. The lowest BCUT2D eigenvalue weighted by Crippen LogP contribution is -2.50. The van der Waals surface area contributed by atoms with Crippen molar-refractivity contribution in [3.05, 3.63) is 11.6 Å². The van der Waals surface area contributed by atoms with Crippen LogP contribution in [0.15, 0.2) is 11.6 Å². The van der Waals surface area contributed by atoms with Gasteiger partial charge < -0.3 is 4.74 Å². The highest BCUT2D eigenvalue weighted by molar-refractivity contribution is 9.10. The van der Waals surface area contributed by atoms with Crippen LogP contribution in [0.4, 0.5) is 0 Å². The number of carbonyl (C=O) groups is 1. The second kappa shape index (κ2) is 12.7. The number of halogens is 1. The van der Waals surface area contributed by atoms with E-state index in [1.165, 1.54) is 83.5 Å². The summed E-state index contributed by atoms with van der Waals surface area (Å²) in [6.07, 6.45) is 26.1. The molecule has 36 heavy (non-hydrogen) atoms. The van der Waals surface area contributed by atoms with Gasteiger partial charge in [-0.05, 0) is 92.3 Å². The molecule has 206 valence electrons. The van der Waals surface area contributed by atoms with Gasteiger partial charge in [0.2, 0.25) is 0 Å². The molecule has 0 bridgehead atoms. The van der Waals surface area contributed by atoms with Crippen molar-refractivity contribution in [1.29, 1.82) is 0 Å². The highest BCUT2D eigenvalue weighted by Crippen LogP contribution is 2.66. The Morgan fingerprint density at radius 1 is 0.972 bits per heavy atom. The summed E-state index contributed by atoms with van der Waals surface area (Å²) in [7, 11) is 0. The molecule has 0 spiro atoms. The zero-order valence-corrected chi connectivity index (χ0v) is 25.5. The van der Waals surface area contributed by atoms with E-state index in [2.05, 4.69) is 49.7 Å². The standard InChI is InChI=1S/C33H55BrO2/c1-5-7-9-10-11-12-13-24-16-18-28-27-17-15-25-23-26(36-31(35)30(34)14-8-6-2)19-21-33(25,4)29(27)20-22-32(24,28)3/h15,24,26-30H,5-14,16-23H2,1-4H3/t24-,26+,27+,28-,29+,30+,32-,33+/m1/s1. The van der Waals surface area contributed by atoms with E-state index in [1.807, 2.05) is 0 Å². The minimum absolute atomic E-state index is 0.0397. The summed E-state index contributed by atoms with van der Waals surface area (Å²) >= 11 is 3.57. The minimum atomic E-state index is -0.141. The second-order valence-electron chi connectivity index (χ2n) is 13.5. The molecule has 2 nitrogen and oxygen atoms in total. The second-order valence-corrected chi connectivity index (χ2v) is 14.7. The number of hydrogen-bond donors (Lipinski definition) is 0. The van der Waals surface area contributed by atoms with Gasteiger partial charge in [-0.2, -0.15) is 0 Å². The molecule has 0 amide bonds. The van der Waals surface area contributed by atoms with Crippen molar-refractivity contribution in [3.8, 4) is 0 Å². The van der Waals surface area contributed by atoms with Gasteiger partial charge in [0, 0.05) is 6.42 Å². The quantitative estimate of drug-likeness (QED) is 0.102. The van der Waals surface area contributed by atoms with E-state index in [0.717, 1.165) is 55.8 Å². The maximum atomic E-state index is 12.6. The number of allylic oxidation sites excluding steroid dienone is 1. The molecule has 3 fully saturated rings. The zero-order valence-electron chi connectivity index (χ0n) is 24.0. The van der Waals surface area contributed by atoms with Crippen molar-refractivity contribution in [2.45, 2.75) is 154 Å². The third kappa shape index (κ3) is 5.96. The highest BCUT2D eigenvalue weighted by Gasteiger charge is 2.58. The Morgan fingerprint density at radius 3 is 2.50 bits per heavy atom. The van der Waals surface area contributed by atoms with Gasteiger partial charge in [-0.15, -0.1) is 0 Å². The largest absolute Gasteiger partial charge is 0.461 e. The molecular weight excluding hydrogens is 508 g/mol. The van der Waals surface area contributed by atoms with E-state index < -0.39 is 0 Å². The highest BCUT2D eigenvalue weighted by atomic mass is 79.9. The average molecular weight is 564 g/mol. The fraction of sp³-hybridized carbons (Fsp3) is 0.909. The number of esters is 1. The molecule has 0 N–H and O–H groups in total. The molecule has 4 aliphatic rings. The van der Waals surface area contributed by atoms with Crippen molar-refractivity contribution in [3.63, 3.8) is 0 Å². The van der Waals surface area contributed by atoms with Crippen LogP contribution in [0.3, 0.4) is 0 Å². The van der Waals surface area contributed by atoms with Gasteiger partial charge in [-0.3, -0.25) is 4.79 Å². The van der Waals surface area contributed by atoms with Gasteiger partial charge in [-0.1, -0.05) is 107 Å². The molecule has 8 atom stereocenters. The molecule has 0 unspecified atom stereocenters. The van der Waals surface area contributed by atoms with Crippen LogP contribution in [-0.4, -0.2) is 16.9 Å². The first-order valence-electron chi connectivity index (χ1n) is 15.9. The van der Waals surface area contributed by atoms with E-state index in [9.17, 15) is 4.79 Å². The van der Waals surface area contributed by atoms with E-state index in [0.29, 0.717) is 10.8 Å². The summed E-state index contributed by atoms with van der Waals surface area (Å²) in [5, 5.41) is 0. The number of alkyl halides is 1. The van der Waals surface area contributed by atoms with Crippen LogP contribution in [0.5, 0.6) is 0 Å². The summed E-state index contributed by atoms with van der Waals surface area (Å²) in [5.41, 5.74) is 2.54. The van der Waals surface area contributed by atoms with Crippen molar-refractivity contribution in [2.75, 3.05) is 0 Å². The average Bonchev–Trinajstić information content (AvgIpc) is 3.21. The summed E-state index contributed by atoms with van der Waals surface area (Å²) in [6, 6.07) is 0. The molecule has 3 heteroatoms. The van der Waals surface area contributed by atoms with E-state index in [-0.39, 0.29) is 16.9 Å². The predicted octanol–water partition coefficient (Wildman–Crippen LogP) is 10.2. The monoisotopic (exact) mass is 562 g/mol. The fourth-order valence-electron chi connectivity index (χ4n) is 9.22. The first-order valence-corrected chi connectivity index (χ1v) is 16.8. The third-order valence-electron chi connectivity index (χ3n) is 11.5. The third-order valence-corrected chi connectivity index (χ3v) is 12.3. The first kappa shape index (κ1) is 28.7. The Labute approximate surface area is 231 Å². The lowest BCUT2D eigenvalue weighted by Gasteiger charge is -2.58. The molecule has 3 saturated carbocycles. The van der Waals surface area contributed by atoms with Crippen molar-refractivity contribution >= 4 is 21.9 Å². The number of rotatable bonds is 12. The van der Waals surface area contributed by atoms with Gasteiger partial charge in [-0.25, -0.2) is 0 Å². The Morgan fingerprint density at radius 2 is 1.72 bits per heavy atom. The number of ether oxygens (including phenoxy) is 1. The van der Waals surface area contributed by atoms with Gasteiger partial charge in [0.1, 0.15) is 10.9 Å². The van der Waals surface area contributed by atoms with Crippen LogP contribution in [-0.2, 0) is 9.53 Å². The molecule has 0 aromatic rings. The Bertz CT molecular complexity index is 761. The summed E-state index contributed by atoms with van der Waals surface area (Å²) in [6.45, 7) is 9.75. The number of unbranched alkanes of at least 4 members (excludes halogenated alkanes) is 6. The molecule has 0 radical (unpaired) electrons. The van der Waals surface area contributed by atoms with Gasteiger partial charge in [0.25, 0.3) is 0 Å². The Hall–Kier alpha value is -0.310. The van der Waals surface area contributed by atoms with Gasteiger partial charge in [0.05, 0.1) is 0 Å². The van der Waals surface area contributed by atoms with E-state index in [1.54, 1.807) is 5.57 Å². The van der Waals surface area contributed by atoms with Crippen LogP contribution in [0, 0.1) is 34.5 Å². The molecule has 4 rings (SSSR count). The molecule has 0 heterocycles. The normalized spacial score (nSPS) is 38.5. The van der Waals surface area contributed by atoms with Crippen molar-refractivity contribution < 1.29 is 9.53 Å². The SMILES string of the molecule is CCCCCCCC[C@@H]1CC[C@@H]2[C@@H]3CC=C4C[C@@H](OC(=O)[C@@H](Br)CCCC)CC[C@]4(C)[C@H]3CC[C@]12C. The summed E-state index contributed by atoms with van der Waals surface area (Å²) < 4.78 is 6.02. The van der Waals surface area contributed by atoms with Crippen LogP contribution >= 0.6 is 15.9 Å². The molecule has 0 aromatic carbocycles. The maximum Gasteiger partial charge on any atom is 0.320 e. The molecule has 0 saturated heterocycles. The van der Waals surface area contributed by atoms with E-state index in [4.69, 9.17) is 4.74 Å². The van der Waals surface area contributed by atoms with Crippen molar-refractivity contribution in [2.24, 2.45) is 34.5 Å². The zero-order chi connectivity index (χ0) is 25.8. The molecule has 4 aliphatic carbocycles. The number of fused-ring (bicyclic) bond motifs is 5. The van der Waals surface area contributed by atoms with Crippen molar-refractivity contribution in [1.82, 2.24) is 0 Å². The van der Waals surface area contributed by atoms with Crippen LogP contribution in [0.1, 0.15) is 143 Å². The lowest BCUT2D eigenvalue weighted by atomic mass is 9.47. The summed E-state index contributed by atoms with van der Waals surface area (Å²) in [5.74, 6) is 3.58. The predicted molar refractivity (Wildman–Crippen MR) is 155 cm³/mol. The fourth-order valence-corrected chi connectivity index (χ4v) is 9.65. The number of carbonyl (C=O) groups excluding carboxylic acids is 1. The van der Waals surface area contributed by atoms with Crippen LogP contribution in [0.2, 0.25) is 0 Å². The van der Waals surface area contributed by atoms with Gasteiger partial charge in [0.15, 0.2) is 0 Å². The van der Waals surface area contributed by atoms with Crippen LogP contribution in [0.25, 0.3) is 0 Å². The topological polar surface area (TPSA) is 26.3 Å².